The average molecular weight is 217 g/mol. The molecule has 1 aliphatic rings. The molecule has 1 aliphatic heterocycles. The van der Waals surface area contributed by atoms with Gasteiger partial charge < -0.3 is 4.74 Å². The van der Waals surface area contributed by atoms with E-state index in [0.717, 1.165) is 18.1 Å². The molecule has 1 atom stereocenters. The lowest BCUT2D eigenvalue weighted by Crippen LogP contribution is -2.13. The molecule has 16 heavy (non-hydrogen) atoms. The Morgan fingerprint density at radius 3 is 2.62 bits per heavy atom. The third kappa shape index (κ3) is 2.11. The van der Waals surface area contributed by atoms with E-state index in [2.05, 4.69) is 50.9 Å². The molecule has 0 aliphatic carbocycles. The minimum absolute atomic E-state index is 0.315. The van der Waals surface area contributed by atoms with E-state index in [1.165, 1.54) is 11.1 Å². The standard InChI is InChI=1S/C14H19NO/c1-9(2)13-8-16-14(15-13)12-6-5-10(3)7-11(12)4/h5-7,9,13H,8H2,1-4H3. The molecule has 0 amide bonds. The van der Waals surface area contributed by atoms with Crippen LogP contribution >= 0.6 is 0 Å². The highest BCUT2D eigenvalue weighted by Gasteiger charge is 2.23. The van der Waals surface area contributed by atoms with Crippen LogP contribution < -0.4 is 0 Å². The molecule has 0 radical (unpaired) electrons. The van der Waals surface area contributed by atoms with E-state index >= 15 is 0 Å². The summed E-state index contributed by atoms with van der Waals surface area (Å²) in [6.45, 7) is 9.30. The van der Waals surface area contributed by atoms with Crippen LogP contribution in [0.25, 0.3) is 0 Å². The molecule has 1 unspecified atom stereocenters. The molecule has 0 spiro atoms. The number of aryl methyl sites for hydroxylation is 2. The zero-order valence-electron chi connectivity index (χ0n) is 10.4. The van der Waals surface area contributed by atoms with Gasteiger partial charge in [0, 0.05) is 5.56 Å². The molecule has 0 bridgehead atoms. The second-order valence-electron chi connectivity index (χ2n) is 4.87. The molecular formula is C14H19NO. The summed E-state index contributed by atoms with van der Waals surface area (Å²) in [7, 11) is 0. The zero-order valence-corrected chi connectivity index (χ0v) is 10.4. The molecule has 0 fully saturated rings. The van der Waals surface area contributed by atoms with Crippen LogP contribution in [0, 0.1) is 19.8 Å². The van der Waals surface area contributed by atoms with Crippen molar-refractivity contribution in [2.24, 2.45) is 10.9 Å². The van der Waals surface area contributed by atoms with E-state index in [1.54, 1.807) is 0 Å². The molecule has 1 heterocycles. The van der Waals surface area contributed by atoms with Gasteiger partial charge in [-0.25, -0.2) is 4.99 Å². The van der Waals surface area contributed by atoms with Gasteiger partial charge in [0.25, 0.3) is 0 Å². The van der Waals surface area contributed by atoms with Crippen molar-refractivity contribution in [1.82, 2.24) is 0 Å². The number of hydrogen-bond acceptors (Lipinski definition) is 2. The van der Waals surface area contributed by atoms with E-state index in [0.29, 0.717) is 12.0 Å². The van der Waals surface area contributed by atoms with Crippen LogP contribution in [0.4, 0.5) is 0 Å². The van der Waals surface area contributed by atoms with Crippen molar-refractivity contribution in [3.63, 3.8) is 0 Å². The maximum absolute atomic E-state index is 5.68. The summed E-state index contributed by atoms with van der Waals surface area (Å²) in [5.74, 6) is 1.36. The summed E-state index contributed by atoms with van der Waals surface area (Å²) in [5, 5.41) is 0. The Hall–Kier alpha value is -1.31. The smallest absolute Gasteiger partial charge is 0.216 e. The Balaban J connectivity index is 2.29. The highest BCUT2D eigenvalue weighted by molar-refractivity contribution is 5.96. The number of nitrogens with zero attached hydrogens (tertiary/aromatic N) is 1. The Morgan fingerprint density at radius 1 is 1.31 bits per heavy atom. The van der Waals surface area contributed by atoms with Crippen LogP contribution in [-0.4, -0.2) is 18.5 Å². The second-order valence-corrected chi connectivity index (χ2v) is 4.87. The number of ether oxygens (including phenoxy) is 1. The summed E-state index contributed by atoms with van der Waals surface area (Å²) in [4.78, 5) is 4.64. The molecule has 0 saturated carbocycles. The fraction of sp³-hybridized carbons (Fsp3) is 0.500. The lowest BCUT2D eigenvalue weighted by atomic mass is 10.1. The van der Waals surface area contributed by atoms with Gasteiger partial charge in [0.05, 0.1) is 6.04 Å². The first-order valence-electron chi connectivity index (χ1n) is 5.86. The van der Waals surface area contributed by atoms with E-state index < -0.39 is 0 Å². The normalized spacial score (nSPS) is 19.8. The molecule has 0 N–H and O–H groups in total. The Morgan fingerprint density at radius 2 is 2.06 bits per heavy atom. The van der Waals surface area contributed by atoms with Gasteiger partial charge in [0.2, 0.25) is 5.90 Å². The van der Waals surface area contributed by atoms with Gasteiger partial charge in [-0.1, -0.05) is 31.5 Å². The lowest BCUT2D eigenvalue weighted by Gasteiger charge is -2.06. The molecule has 0 aromatic heterocycles. The molecular weight excluding hydrogens is 198 g/mol. The molecule has 2 rings (SSSR count). The summed E-state index contributed by atoms with van der Waals surface area (Å²) in [6, 6.07) is 6.70. The third-order valence-corrected chi connectivity index (χ3v) is 3.06. The number of aliphatic imine (C=N–C) groups is 1. The minimum Gasteiger partial charge on any atom is -0.475 e. The summed E-state index contributed by atoms with van der Waals surface area (Å²) in [5.41, 5.74) is 3.65. The van der Waals surface area contributed by atoms with Gasteiger partial charge in [-0.2, -0.15) is 0 Å². The molecule has 1 aromatic carbocycles. The van der Waals surface area contributed by atoms with Crippen molar-refractivity contribution < 1.29 is 4.74 Å². The second kappa shape index (κ2) is 4.28. The highest BCUT2D eigenvalue weighted by atomic mass is 16.5. The fourth-order valence-corrected chi connectivity index (χ4v) is 1.93. The van der Waals surface area contributed by atoms with E-state index in [9.17, 15) is 0 Å². The van der Waals surface area contributed by atoms with Crippen LogP contribution in [0.15, 0.2) is 23.2 Å². The quantitative estimate of drug-likeness (QED) is 0.746. The first kappa shape index (κ1) is 11.2. The summed E-state index contributed by atoms with van der Waals surface area (Å²) < 4.78 is 5.68. The maximum Gasteiger partial charge on any atom is 0.216 e. The van der Waals surface area contributed by atoms with Gasteiger partial charge in [-0.3, -0.25) is 0 Å². The number of rotatable bonds is 2. The van der Waals surface area contributed by atoms with E-state index in [4.69, 9.17) is 4.74 Å². The van der Waals surface area contributed by atoms with Gasteiger partial charge in [0.15, 0.2) is 0 Å². The van der Waals surface area contributed by atoms with Crippen LogP contribution in [-0.2, 0) is 4.74 Å². The molecule has 0 saturated heterocycles. The topological polar surface area (TPSA) is 21.6 Å². The maximum atomic E-state index is 5.68. The number of hydrogen-bond donors (Lipinski definition) is 0. The predicted octanol–water partition coefficient (Wildman–Crippen LogP) is 3.10. The van der Waals surface area contributed by atoms with Crippen LogP contribution in [0.3, 0.4) is 0 Å². The first-order valence-corrected chi connectivity index (χ1v) is 5.86. The van der Waals surface area contributed by atoms with E-state index in [-0.39, 0.29) is 0 Å². The van der Waals surface area contributed by atoms with E-state index in [1.807, 2.05) is 0 Å². The SMILES string of the molecule is Cc1ccc(C2=NC(C(C)C)CO2)c(C)c1. The van der Waals surface area contributed by atoms with Crippen molar-refractivity contribution in [3.8, 4) is 0 Å². The molecule has 2 nitrogen and oxygen atoms in total. The molecule has 2 heteroatoms. The first-order chi connectivity index (χ1) is 7.58. The van der Waals surface area contributed by atoms with Crippen molar-refractivity contribution in [2.45, 2.75) is 33.7 Å². The zero-order chi connectivity index (χ0) is 11.7. The van der Waals surface area contributed by atoms with Crippen LogP contribution in [0.5, 0.6) is 0 Å². The highest BCUT2D eigenvalue weighted by Crippen LogP contribution is 2.20. The van der Waals surface area contributed by atoms with Gasteiger partial charge >= 0.3 is 0 Å². The third-order valence-electron chi connectivity index (χ3n) is 3.06. The summed E-state index contributed by atoms with van der Waals surface area (Å²) >= 11 is 0. The Kier molecular flexibility index (Phi) is 2.99. The largest absolute Gasteiger partial charge is 0.475 e. The number of benzene rings is 1. The Labute approximate surface area is 97.4 Å². The van der Waals surface area contributed by atoms with Crippen molar-refractivity contribution in [1.29, 1.82) is 0 Å². The average Bonchev–Trinajstić information content (AvgIpc) is 2.66. The summed E-state index contributed by atoms with van der Waals surface area (Å²) in [6.07, 6.45) is 0. The van der Waals surface area contributed by atoms with Crippen LogP contribution in [0.1, 0.15) is 30.5 Å². The predicted molar refractivity (Wildman–Crippen MR) is 67.0 cm³/mol. The molecule has 86 valence electrons. The van der Waals surface area contributed by atoms with Crippen molar-refractivity contribution >= 4 is 5.90 Å². The van der Waals surface area contributed by atoms with Gasteiger partial charge in [-0.05, 0) is 31.4 Å². The van der Waals surface area contributed by atoms with Gasteiger partial charge in [-0.15, -0.1) is 0 Å². The van der Waals surface area contributed by atoms with Crippen LogP contribution in [0.2, 0.25) is 0 Å². The molecule has 1 aromatic rings. The fourth-order valence-electron chi connectivity index (χ4n) is 1.93. The minimum atomic E-state index is 0.315. The lowest BCUT2D eigenvalue weighted by molar-refractivity contribution is 0.292. The monoisotopic (exact) mass is 217 g/mol. The van der Waals surface area contributed by atoms with Gasteiger partial charge in [0.1, 0.15) is 6.61 Å². The van der Waals surface area contributed by atoms with Crippen molar-refractivity contribution in [2.75, 3.05) is 6.61 Å². The Bertz CT molecular complexity index is 421. The van der Waals surface area contributed by atoms with Crippen molar-refractivity contribution in [3.05, 3.63) is 34.9 Å².